The first kappa shape index (κ1) is 18.6. The molecular weight excluding hydrogens is 343 g/mol. The number of alkyl halides is 3. The molecule has 0 saturated heterocycles. The zero-order chi connectivity index (χ0) is 17.6. The lowest BCUT2D eigenvalue weighted by Crippen LogP contribution is -2.44. The van der Waals surface area contributed by atoms with E-state index in [1.165, 1.54) is 23.5 Å². The molecule has 23 heavy (non-hydrogen) atoms. The Hall–Kier alpha value is -2.49. The number of carbonyl (C=O) groups excluding carboxylic acids is 3. The average Bonchev–Trinajstić information content (AvgIpc) is 2.43. The molecule has 1 aromatic rings. The van der Waals surface area contributed by atoms with E-state index in [0.717, 1.165) is 0 Å². The third-order valence-electron chi connectivity index (χ3n) is 2.27. The Balaban J connectivity index is 2.54. The van der Waals surface area contributed by atoms with Gasteiger partial charge in [0.25, 0.3) is 11.8 Å². The molecule has 0 unspecified atom stereocenters. The van der Waals surface area contributed by atoms with Crippen LogP contribution in [0.4, 0.5) is 18.0 Å². The lowest BCUT2D eigenvalue weighted by Gasteiger charge is -2.11. The zero-order valence-electron chi connectivity index (χ0n) is 11.4. The first-order valence-corrected chi connectivity index (χ1v) is 6.33. The van der Waals surface area contributed by atoms with Gasteiger partial charge in [-0.1, -0.05) is 11.6 Å². The van der Waals surface area contributed by atoms with Crippen LogP contribution < -0.4 is 21.1 Å². The van der Waals surface area contributed by atoms with Crippen LogP contribution >= 0.6 is 11.6 Å². The molecule has 0 aliphatic rings. The van der Waals surface area contributed by atoms with Gasteiger partial charge < -0.3 is 15.8 Å². The van der Waals surface area contributed by atoms with Crippen molar-refractivity contribution < 1.29 is 32.3 Å². The highest BCUT2D eigenvalue weighted by atomic mass is 35.5. The van der Waals surface area contributed by atoms with Crippen molar-refractivity contribution in [2.24, 2.45) is 5.73 Å². The van der Waals surface area contributed by atoms with Gasteiger partial charge in [-0.3, -0.25) is 14.9 Å². The van der Waals surface area contributed by atoms with Crippen LogP contribution in [0.1, 0.15) is 10.4 Å². The molecule has 7 nitrogen and oxygen atoms in total. The quantitative estimate of drug-likeness (QED) is 0.738. The van der Waals surface area contributed by atoms with Crippen molar-refractivity contribution in [2.75, 3.05) is 13.2 Å². The summed E-state index contributed by atoms with van der Waals surface area (Å²) in [7, 11) is 0. The Bertz CT molecular complexity index is 622. The predicted molar refractivity (Wildman–Crippen MR) is 73.1 cm³/mol. The predicted octanol–water partition coefficient (Wildman–Crippen LogP) is 1.21. The van der Waals surface area contributed by atoms with Crippen LogP contribution in [0, 0.1) is 0 Å². The summed E-state index contributed by atoms with van der Waals surface area (Å²) >= 11 is 5.68. The molecule has 0 aliphatic carbocycles. The number of benzene rings is 1. The van der Waals surface area contributed by atoms with Gasteiger partial charge in [-0.2, -0.15) is 13.2 Å². The second-order valence-electron chi connectivity index (χ2n) is 4.14. The number of hydrogen-bond donors (Lipinski definition) is 3. The van der Waals surface area contributed by atoms with Crippen molar-refractivity contribution in [1.29, 1.82) is 0 Å². The van der Waals surface area contributed by atoms with Crippen molar-refractivity contribution in [3.8, 4) is 5.75 Å². The van der Waals surface area contributed by atoms with E-state index >= 15 is 0 Å². The van der Waals surface area contributed by atoms with E-state index in [0.29, 0.717) is 0 Å². The number of ether oxygens (including phenoxy) is 1. The van der Waals surface area contributed by atoms with E-state index in [4.69, 9.17) is 22.1 Å². The van der Waals surface area contributed by atoms with Crippen LogP contribution in [0.15, 0.2) is 18.2 Å². The molecule has 0 heterocycles. The SMILES string of the molecule is NC(=O)c1cc(Cl)ccc1OCC(=O)NC(=O)NCC(F)(F)F. The van der Waals surface area contributed by atoms with E-state index in [9.17, 15) is 27.6 Å². The maximum atomic E-state index is 11.9. The molecule has 1 rings (SSSR count). The van der Waals surface area contributed by atoms with Gasteiger partial charge in [-0.25, -0.2) is 4.79 Å². The van der Waals surface area contributed by atoms with Crippen LogP contribution in [0.5, 0.6) is 5.75 Å². The molecule has 4 amide bonds. The lowest BCUT2D eigenvalue weighted by molar-refractivity contribution is -0.125. The van der Waals surface area contributed by atoms with E-state index < -0.39 is 37.2 Å². The lowest BCUT2D eigenvalue weighted by atomic mass is 10.2. The van der Waals surface area contributed by atoms with Gasteiger partial charge >= 0.3 is 12.2 Å². The fourth-order valence-corrected chi connectivity index (χ4v) is 1.52. The number of rotatable bonds is 5. The van der Waals surface area contributed by atoms with Gasteiger partial charge in [0, 0.05) is 5.02 Å². The summed E-state index contributed by atoms with van der Waals surface area (Å²) < 4.78 is 40.6. The van der Waals surface area contributed by atoms with Crippen molar-refractivity contribution in [3.05, 3.63) is 28.8 Å². The molecule has 0 atom stereocenters. The van der Waals surface area contributed by atoms with Crippen LogP contribution in [0.3, 0.4) is 0 Å². The standard InChI is InChI=1S/C12H11ClF3N3O4/c13-6-1-2-8(7(3-6)10(17)21)23-4-9(20)19-11(22)18-5-12(14,15)16/h1-3H,4-5H2,(H2,17,21)(H2,18,19,20,22). The molecule has 126 valence electrons. The summed E-state index contributed by atoms with van der Waals surface area (Å²) in [6.07, 6.45) is -4.60. The summed E-state index contributed by atoms with van der Waals surface area (Å²) in [5.74, 6) is -1.94. The van der Waals surface area contributed by atoms with Crippen molar-refractivity contribution in [1.82, 2.24) is 10.6 Å². The molecular formula is C12H11ClF3N3O4. The van der Waals surface area contributed by atoms with Gasteiger partial charge in [0.2, 0.25) is 0 Å². The fourth-order valence-electron chi connectivity index (χ4n) is 1.35. The highest BCUT2D eigenvalue weighted by molar-refractivity contribution is 6.31. The number of amides is 4. The molecule has 11 heteroatoms. The van der Waals surface area contributed by atoms with Gasteiger partial charge in [-0.15, -0.1) is 0 Å². The highest BCUT2D eigenvalue weighted by Gasteiger charge is 2.28. The largest absolute Gasteiger partial charge is 0.483 e. The summed E-state index contributed by atoms with van der Waals surface area (Å²) in [5.41, 5.74) is 5.01. The van der Waals surface area contributed by atoms with Gasteiger partial charge in [-0.05, 0) is 18.2 Å². The number of halogens is 4. The van der Waals surface area contributed by atoms with E-state index in [-0.39, 0.29) is 16.3 Å². The summed E-state index contributed by atoms with van der Waals surface area (Å²) in [6.45, 7) is -2.31. The summed E-state index contributed by atoms with van der Waals surface area (Å²) in [6, 6.07) is 2.53. The van der Waals surface area contributed by atoms with Crippen LogP contribution in [0.2, 0.25) is 5.02 Å². The molecule has 0 fully saturated rings. The third-order valence-corrected chi connectivity index (χ3v) is 2.50. The summed E-state index contributed by atoms with van der Waals surface area (Å²) in [4.78, 5) is 33.6. The number of nitrogens with two attached hydrogens (primary N) is 1. The first-order valence-electron chi connectivity index (χ1n) is 5.95. The molecule has 0 aromatic heterocycles. The number of carbonyl (C=O) groups is 3. The number of hydrogen-bond acceptors (Lipinski definition) is 4. The maximum Gasteiger partial charge on any atom is 0.405 e. The zero-order valence-corrected chi connectivity index (χ0v) is 12.1. The number of nitrogens with one attached hydrogen (secondary N) is 2. The van der Waals surface area contributed by atoms with Crippen LogP contribution in [0.25, 0.3) is 0 Å². The Labute approximate surface area is 132 Å². The first-order chi connectivity index (χ1) is 10.6. The molecule has 4 N–H and O–H groups in total. The number of urea groups is 1. The maximum absolute atomic E-state index is 11.9. The Kier molecular flexibility index (Phi) is 6.19. The highest BCUT2D eigenvalue weighted by Crippen LogP contribution is 2.22. The van der Waals surface area contributed by atoms with Crippen LogP contribution in [-0.4, -0.2) is 37.2 Å². The smallest absolute Gasteiger partial charge is 0.405 e. The minimum Gasteiger partial charge on any atom is -0.483 e. The molecule has 0 radical (unpaired) electrons. The van der Waals surface area contributed by atoms with Crippen molar-refractivity contribution in [2.45, 2.75) is 6.18 Å². The Morgan fingerprint density at radius 3 is 2.48 bits per heavy atom. The van der Waals surface area contributed by atoms with E-state index in [1.54, 1.807) is 5.32 Å². The number of primary amides is 1. The third kappa shape index (κ3) is 6.87. The minimum absolute atomic E-state index is 0.0623. The molecule has 0 saturated carbocycles. The van der Waals surface area contributed by atoms with E-state index in [1.807, 2.05) is 0 Å². The fraction of sp³-hybridized carbons (Fsp3) is 0.250. The van der Waals surface area contributed by atoms with Crippen LogP contribution in [-0.2, 0) is 4.79 Å². The second kappa shape index (κ2) is 7.68. The molecule has 0 aliphatic heterocycles. The Morgan fingerprint density at radius 1 is 1.26 bits per heavy atom. The van der Waals surface area contributed by atoms with Gasteiger partial charge in [0.1, 0.15) is 12.3 Å². The van der Waals surface area contributed by atoms with Crippen molar-refractivity contribution in [3.63, 3.8) is 0 Å². The molecule has 0 spiro atoms. The van der Waals surface area contributed by atoms with E-state index in [2.05, 4.69) is 0 Å². The average molecular weight is 354 g/mol. The van der Waals surface area contributed by atoms with Gasteiger partial charge in [0.05, 0.1) is 5.56 Å². The minimum atomic E-state index is -4.60. The monoisotopic (exact) mass is 353 g/mol. The topological polar surface area (TPSA) is 111 Å². The van der Waals surface area contributed by atoms with Crippen molar-refractivity contribution >= 4 is 29.4 Å². The summed E-state index contributed by atoms with van der Waals surface area (Å²) in [5, 5.41) is 3.28. The second-order valence-corrected chi connectivity index (χ2v) is 4.58. The molecule has 1 aromatic carbocycles. The molecule has 0 bridgehead atoms. The van der Waals surface area contributed by atoms with Gasteiger partial charge in [0.15, 0.2) is 6.61 Å². The number of imide groups is 1. The Morgan fingerprint density at radius 2 is 1.91 bits per heavy atom. The normalized spacial score (nSPS) is 10.8.